The summed E-state index contributed by atoms with van der Waals surface area (Å²) in [5.41, 5.74) is 0.654. The van der Waals surface area contributed by atoms with Gasteiger partial charge in [-0.2, -0.15) is 0 Å². The lowest BCUT2D eigenvalue weighted by atomic mass is 10.1. The van der Waals surface area contributed by atoms with Crippen molar-refractivity contribution in [2.75, 3.05) is 11.9 Å². The number of rotatable bonds is 4. The zero-order chi connectivity index (χ0) is 14.1. The average Bonchev–Trinajstić information content (AvgIpc) is 3.14. The fraction of sp³-hybridized carbons (Fsp3) is 0.375. The van der Waals surface area contributed by atoms with Gasteiger partial charge in [0.25, 0.3) is 5.91 Å². The molecule has 0 bridgehead atoms. The standard InChI is InChI=1S/C16H19N3O/c1-3-17-15-12-7-5-4-6-11(12)13(9-18-15)16(20)19-14-8-10(14)2/h4-7,9-10,14H,3,8H2,1-2H3,(H,17,18)(H,19,20). The Morgan fingerprint density at radius 2 is 2.05 bits per heavy atom. The molecule has 0 radical (unpaired) electrons. The summed E-state index contributed by atoms with van der Waals surface area (Å²) in [6.07, 6.45) is 2.75. The van der Waals surface area contributed by atoms with Gasteiger partial charge in [-0.3, -0.25) is 4.79 Å². The second-order valence-corrected chi connectivity index (χ2v) is 5.39. The number of hydrogen-bond acceptors (Lipinski definition) is 3. The van der Waals surface area contributed by atoms with Gasteiger partial charge in [-0.15, -0.1) is 0 Å². The molecule has 104 valence electrons. The number of carbonyl (C=O) groups is 1. The molecule has 1 aliphatic carbocycles. The Kier molecular flexibility index (Phi) is 3.30. The second kappa shape index (κ2) is 5.12. The van der Waals surface area contributed by atoms with E-state index in [2.05, 4.69) is 22.5 Å². The molecule has 4 nitrogen and oxygen atoms in total. The van der Waals surface area contributed by atoms with Crippen LogP contribution in [0.2, 0.25) is 0 Å². The van der Waals surface area contributed by atoms with Gasteiger partial charge in [0.15, 0.2) is 0 Å². The SMILES string of the molecule is CCNc1ncc(C(=O)NC2CC2C)c2ccccc12. The zero-order valence-corrected chi connectivity index (χ0v) is 11.8. The first kappa shape index (κ1) is 12.9. The molecule has 4 heteroatoms. The van der Waals surface area contributed by atoms with Crippen molar-refractivity contribution in [3.8, 4) is 0 Å². The third kappa shape index (κ3) is 2.33. The molecule has 0 saturated heterocycles. The number of hydrogen-bond donors (Lipinski definition) is 2. The van der Waals surface area contributed by atoms with Gasteiger partial charge < -0.3 is 10.6 Å². The number of amides is 1. The summed E-state index contributed by atoms with van der Waals surface area (Å²) in [6.45, 7) is 4.99. The maximum Gasteiger partial charge on any atom is 0.253 e. The van der Waals surface area contributed by atoms with Crippen molar-refractivity contribution in [2.45, 2.75) is 26.3 Å². The lowest BCUT2D eigenvalue weighted by molar-refractivity contribution is 0.0950. The van der Waals surface area contributed by atoms with E-state index in [4.69, 9.17) is 0 Å². The maximum absolute atomic E-state index is 12.4. The number of aromatic nitrogens is 1. The molecule has 1 amide bonds. The number of pyridine rings is 1. The van der Waals surface area contributed by atoms with Crippen LogP contribution in [0.4, 0.5) is 5.82 Å². The van der Waals surface area contributed by atoms with E-state index in [1.165, 1.54) is 0 Å². The van der Waals surface area contributed by atoms with E-state index in [1.807, 2.05) is 31.2 Å². The van der Waals surface area contributed by atoms with E-state index in [0.29, 0.717) is 17.5 Å². The normalized spacial score (nSPS) is 20.7. The molecule has 1 saturated carbocycles. The molecule has 1 aliphatic rings. The highest BCUT2D eigenvalue weighted by Gasteiger charge is 2.34. The second-order valence-electron chi connectivity index (χ2n) is 5.39. The largest absolute Gasteiger partial charge is 0.370 e. The smallest absolute Gasteiger partial charge is 0.253 e. The molecular formula is C16H19N3O. The van der Waals surface area contributed by atoms with Crippen molar-refractivity contribution in [2.24, 2.45) is 5.92 Å². The highest BCUT2D eigenvalue weighted by molar-refractivity contribution is 6.09. The van der Waals surface area contributed by atoms with E-state index in [9.17, 15) is 4.79 Å². The van der Waals surface area contributed by atoms with E-state index < -0.39 is 0 Å². The Morgan fingerprint density at radius 3 is 2.70 bits per heavy atom. The average molecular weight is 269 g/mol. The Hall–Kier alpha value is -2.10. The quantitative estimate of drug-likeness (QED) is 0.897. The molecule has 2 unspecified atom stereocenters. The first-order valence-electron chi connectivity index (χ1n) is 7.13. The molecule has 1 heterocycles. The summed E-state index contributed by atoms with van der Waals surface area (Å²) in [7, 11) is 0. The molecule has 2 aromatic rings. The molecule has 1 fully saturated rings. The summed E-state index contributed by atoms with van der Waals surface area (Å²) in [6, 6.07) is 8.22. The van der Waals surface area contributed by atoms with Gasteiger partial charge in [-0.25, -0.2) is 4.98 Å². The van der Waals surface area contributed by atoms with Crippen molar-refractivity contribution in [3.05, 3.63) is 36.0 Å². The number of nitrogens with one attached hydrogen (secondary N) is 2. The number of benzene rings is 1. The fourth-order valence-electron chi connectivity index (χ4n) is 2.45. The van der Waals surface area contributed by atoms with Crippen LogP contribution in [0.5, 0.6) is 0 Å². The lowest BCUT2D eigenvalue weighted by Gasteiger charge is -2.11. The Labute approximate surface area is 118 Å². The van der Waals surface area contributed by atoms with E-state index in [0.717, 1.165) is 29.6 Å². The number of carbonyl (C=O) groups excluding carboxylic acids is 1. The molecule has 2 N–H and O–H groups in total. The minimum atomic E-state index is -0.0221. The predicted molar refractivity (Wildman–Crippen MR) is 80.9 cm³/mol. The Morgan fingerprint density at radius 1 is 1.35 bits per heavy atom. The molecule has 1 aromatic heterocycles. The van der Waals surface area contributed by atoms with Crippen molar-refractivity contribution in [3.63, 3.8) is 0 Å². The van der Waals surface area contributed by atoms with Gasteiger partial charge in [0, 0.05) is 24.2 Å². The van der Waals surface area contributed by atoms with Crippen molar-refractivity contribution in [1.29, 1.82) is 0 Å². The van der Waals surface area contributed by atoms with Crippen LogP contribution in [0.3, 0.4) is 0 Å². The minimum Gasteiger partial charge on any atom is -0.370 e. The Bertz CT molecular complexity index is 653. The lowest BCUT2D eigenvalue weighted by Crippen LogP contribution is -2.27. The van der Waals surface area contributed by atoms with Crippen molar-refractivity contribution in [1.82, 2.24) is 10.3 Å². The summed E-state index contributed by atoms with van der Waals surface area (Å²) < 4.78 is 0. The van der Waals surface area contributed by atoms with Crippen LogP contribution in [0, 0.1) is 5.92 Å². The molecule has 0 spiro atoms. The summed E-state index contributed by atoms with van der Waals surface area (Å²) in [4.78, 5) is 16.7. The van der Waals surface area contributed by atoms with Crippen LogP contribution in [0.15, 0.2) is 30.5 Å². The number of anilines is 1. The van der Waals surface area contributed by atoms with Gasteiger partial charge in [0.05, 0.1) is 5.56 Å². The molecule has 2 atom stereocenters. The predicted octanol–water partition coefficient (Wildman–Crippen LogP) is 2.80. The number of fused-ring (bicyclic) bond motifs is 1. The minimum absolute atomic E-state index is 0.0221. The van der Waals surface area contributed by atoms with Crippen LogP contribution < -0.4 is 10.6 Å². The highest BCUT2D eigenvalue weighted by atomic mass is 16.1. The third-order valence-electron chi connectivity index (χ3n) is 3.81. The topological polar surface area (TPSA) is 54.0 Å². The van der Waals surface area contributed by atoms with Gasteiger partial charge in [0.2, 0.25) is 0 Å². The summed E-state index contributed by atoms with van der Waals surface area (Å²) in [5.74, 6) is 1.41. The molecule has 0 aliphatic heterocycles. The van der Waals surface area contributed by atoms with Gasteiger partial charge in [-0.1, -0.05) is 31.2 Å². The summed E-state index contributed by atoms with van der Waals surface area (Å²) >= 11 is 0. The van der Waals surface area contributed by atoms with E-state index in [-0.39, 0.29) is 5.91 Å². The van der Waals surface area contributed by atoms with E-state index >= 15 is 0 Å². The van der Waals surface area contributed by atoms with Crippen LogP contribution in [-0.4, -0.2) is 23.5 Å². The van der Waals surface area contributed by atoms with Crippen LogP contribution in [0.25, 0.3) is 10.8 Å². The summed E-state index contributed by atoms with van der Waals surface area (Å²) in [5, 5.41) is 8.24. The van der Waals surface area contributed by atoms with Gasteiger partial charge in [-0.05, 0) is 24.6 Å². The van der Waals surface area contributed by atoms with Crippen LogP contribution in [0.1, 0.15) is 30.6 Å². The zero-order valence-electron chi connectivity index (χ0n) is 11.8. The molecule has 3 rings (SSSR count). The van der Waals surface area contributed by atoms with Gasteiger partial charge in [0.1, 0.15) is 5.82 Å². The Balaban J connectivity index is 1.99. The number of nitrogens with zero attached hydrogens (tertiary/aromatic N) is 1. The van der Waals surface area contributed by atoms with Crippen molar-refractivity contribution < 1.29 is 4.79 Å². The molecule has 1 aromatic carbocycles. The molecule has 20 heavy (non-hydrogen) atoms. The monoisotopic (exact) mass is 269 g/mol. The first-order valence-corrected chi connectivity index (χ1v) is 7.13. The van der Waals surface area contributed by atoms with Gasteiger partial charge >= 0.3 is 0 Å². The van der Waals surface area contributed by atoms with Crippen LogP contribution in [-0.2, 0) is 0 Å². The molecular weight excluding hydrogens is 250 g/mol. The van der Waals surface area contributed by atoms with Crippen molar-refractivity contribution >= 4 is 22.5 Å². The third-order valence-corrected chi connectivity index (χ3v) is 3.81. The first-order chi connectivity index (χ1) is 9.70. The fourth-order valence-corrected chi connectivity index (χ4v) is 2.45. The highest BCUT2D eigenvalue weighted by Crippen LogP contribution is 2.30. The maximum atomic E-state index is 12.4. The van der Waals surface area contributed by atoms with E-state index in [1.54, 1.807) is 6.20 Å². The van der Waals surface area contributed by atoms with Crippen LogP contribution >= 0.6 is 0 Å².